The van der Waals surface area contributed by atoms with Crippen LogP contribution in [0.4, 0.5) is 0 Å². The molecule has 0 N–H and O–H groups in total. The number of hydrogen-bond donors (Lipinski definition) is 0. The van der Waals surface area contributed by atoms with Crippen LogP contribution in [0, 0.1) is 23.7 Å². The highest BCUT2D eigenvalue weighted by Gasteiger charge is 2.51. The molecule has 0 aliphatic heterocycles. The van der Waals surface area contributed by atoms with Gasteiger partial charge in [-0.1, -0.05) is 12.2 Å². The van der Waals surface area contributed by atoms with E-state index in [9.17, 15) is 0 Å². The molecule has 3 rings (SSSR count). The van der Waals surface area contributed by atoms with Gasteiger partial charge in [0.25, 0.3) is 0 Å². The van der Waals surface area contributed by atoms with Crippen LogP contribution in [0.1, 0.15) is 19.3 Å². The van der Waals surface area contributed by atoms with Gasteiger partial charge in [0.1, 0.15) is 0 Å². The first kappa shape index (κ1) is 6.54. The van der Waals surface area contributed by atoms with Crippen molar-refractivity contribution in [3.63, 3.8) is 0 Å². The van der Waals surface area contributed by atoms with Gasteiger partial charge in [-0.2, -0.15) is 0 Å². The minimum atomic E-state index is 0.504. The van der Waals surface area contributed by atoms with E-state index in [-0.39, 0.29) is 0 Å². The predicted octanol–water partition coefficient (Wildman–Crippen LogP) is 2.83. The molecule has 0 heterocycles. The molecule has 60 valence electrons. The Bertz CT molecular complexity index is 209. The molecule has 11 heavy (non-hydrogen) atoms. The van der Waals surface area contributed by atoms with Crippen molar-refractivity contribution in [2.75, 3.05) is 0 Å². The van der Waals surface area contributed by atoms with Crippen LogP contribution in [-0.2, 0) is 0 Å². The van der Waals surface area contributed by atoms with Crippen molar-refractivity contribution < 1.29 is 0 Å². The highest BCUT2D eigenvalue weighted by molar-refractivity contribution is 6.21. The molecule has 3 aliphatic carbocycles. The Labute approximate surface area is 72.6 Å². The van der Waals surface area contributed by atoms with Crippen molar-refractivity contribution in [3.05, 3.63) is 12.2 Å². The third kappa shape index (κ3) is 0.717. The maximum atomic E-state index is 6.24. The minimum Gasteiger partial charge on any atom is -0.123 e. The topological polar surface area (TPSA) is 0 Å². The molecule has 2 bridgehead atoms. The van der Waals surface area contributed by atoms with Crippen LogP contribution in [0.5, 0.6) is 0 Å². The van der Waals surface area contributed by atoms with Crippen LogP contribution in [0.2, 0.25) is 0 Å². The fraction of sp³-hybridized carbons (Fsp3) is 0.800. The third-order valence-corrected chi connectivity index (χ3v) is 4.43. The van der Waals surface area contributed by atoms with Crippen LogP contribution in [0.3, 0.4) is 0 Å². The van der Waals surface area contributed by atoms with E-state index in [1.807, 2.05) is 0 Å². The lowest BCUT2D eigenvalue weighted by atomic mass is 9.81. The van der Waals surface area contributed by atoms with Gasteiger partial charge in [-0.05, 0) is 42.9 Å². The van der Waals surface area contributed by atoms with E-state index in [1.54, 1.807) is 0 Å². The molecule has 0 saturated heterocycles. The highest BCUT2D eigenvalue weighted by atomic mass is 35.5. The number of allylic oxidation sites excluding steroid dienone is 2. The molecule has 2 saturated carbocycles. The number of rotatable bonds is 0. The zero-order valence-electron chi connectivity index (χ0n) is 6.54. The summed E-state index contributed by atoms with van der Waals surface area (Å²) >= 11 is 6.24. The van der Waals surface area contributed by atoms with Crippen LogP contribution in [0.15, 0.2) is 12.2 Å². The average molecular weight is 169 g/mol. The molecule has 0 spiro atoms. The van der Waals surface area contributed by atoms with Gasteiger partial charge in [0.2, 0.25) is 0 Å². The normalized spacial score (nSPS) is 58.8. The number of alkyl halides is 1. The fourth-order valence-electron chi connectivity index (χ4n) is 3.46. The lowest BCUT2D eigenvalue weighted by Gasteiger charge is -2.27. The first-order valence-corrected chi connectivity index (χ1v) is 5.10. The van der Waals surface area contributed by atoms with Gasteiger partial charge in [0.15, 0.2) is 0 Å². The Morgan fingerprint density at radius 2 is 2.09 bits per heavy atom. The van der Waals surface area contributed by atoms with Gasteiger partial charge in [-0.25, -0.2) is 0 Å². The summed E-state index contributed by atoms with van der Waals surface area (Å²) in [5, 5.41) is 0.504. The quantitative estimate of drug-likeness (QED) is 0.386. The van der Waals surface area contributed by atoms with E-state index in [2.05, 4.69) is 12.2 Å². The summed E-state index contributed by atoms with van der Waals surface area (Å²) in [6.45, 7) is 0. The number of hydrogen-bond acceptors (Lipinski definition) is 0. The SMILES string of the molecule is Cl[C@@H]1C[C@H]2C[C@H]1[C@H]1C=CC[C@H]21. The Kier molecular flexibility index (Phi) is 1.21. The molecule has 0 unspecified atom stereocenters. The van der Waals surface area contributed by atoms with Crippen molar-refractivity contribution in [2.24, 2.45) is 23.7 Å². The molecule has 0 nitrogen and oxygen atoms in total. The largest absolute Gasteiger partial charge is 0.123 e. The van der Waals surface area contributed by atoms with E-state index in [1.165, 1.54) is 19.3 Å². The van der Waals surface area contributed by atoms with E-state index in [0.717, 1.165) is 23.7 Å². The lowest BCUT2D eigenvalue weighted by Crippen LogP contribution is -2.24. The molecule has 1 heteroatoms. The first-order valence-electron chi connectivity index (χ1n) is 4.67. The van der Waals surface area contributed by atoms with Gasteiger partial charge in [0.05, 0.1) is 0 Å². The molecule has 0 aromatic carbocycles. The Hall–Kier alpha value is 0.0300. The third-order valence-electron chi connectivity index (χ3n) is 3.93. The maximum Gasteiger partial charge on any atom is 0.0372 e. The molecule has 0 aromatic heterocycles. The second-order valence-electron chi connectivity index (χ2n) is 4.32. The fourth-order valence-corrected chi connectivity index (χ4v) is 3.96. The van der Waals surface area contributed by atoms with Crippen molar-refractivity contribution >= 4 is 11.6 Å². The number of fused-ring (bicyclic) bond motifs is 5. The first-order chi connectivity index (χ1) is 5.36. The van der Waals surface area contributed by atoms with E-state index in [4.69, 9.17) is 11.6 Å². The van der Waals surface area contributed by atoms with Crippen molar-refractivity contribution in [1.82, 2.24) is 0 Å². The molecule has 2 fully saturated rings. The lowest BCUT2D eigenvalue weighted by molar-refractivity contribution is 0.289. The zero-order valence-corrected chi connectivity index (χ0v) is 7.30. The summed E-state index contributed by atoms with van der Waals surface area (Å²) in [5.74, 6) is 3.68. The molecule has 0 amide bonds. The summed E-state index contributed by atoms with van der Waals surface area (Å²) in [6.07, 6.45) is 8.85. The highest BCUT2D eigenvalue weighted by Crippen LogP contribution is 2.57. The van der Waals surface area contributed by atoms with Crippen molar-refractivity contribution in [2.45, 2.75) is 24.6 Å². The predicted molar refractivity (Wildman–Crippen MR) is 46.6 cm³/mol. The number of halogens is 1. The van der Waals surface area contributed by atoms with Gasteiger partial charge in [-0.15, -0.1) is 11.6 Å². The molecule has 0 aromatic rings. The van der Waals surface area contributed by atoms with Crippen LogP contribution in [-0.4, -0.2) is 5.38 Å². The van der Waals surface area contributed by atoms with Crippen LogP contribution < -0.4 is 0 Å². The van der Waals surface area contributed by atoms with Gasteiger partial charge < -0.3 is 0 Å². The van der Waals surface area contributed by atoms with E-state index < -0.39 is 0 Å². The van der Waals surface area contributed by atoms with E-state index in [0.29, 0.717) is 5.38 Å². The monoisotopic (exact) mass is 168 g/mol. The maximum absolute atomic E-state index is 6.24. The summed E-state index contributed by atoms with van der Waals surface area (Å²) in [6, 6.07) is 0. The Morgan fingerprint density at radius 3 is 3.00 bits per heavy atom. The second-order valence-corrected chi connectivity index (χ2v) is 4.88. The summed E-state index contributed by atoms with van der Waals surface area (Å²) in [5.41, 5.74) is 0. The van der Waals surface area contributed by atoms with Gasteiger partial charge in [-0.3, -0.25) is 0 Å². The molecule has 5 atom stereocenters. The van der Waals surface area contributed by atoms with Crippen molar-refractivity contribution in [3.8, 4) is 0 Å². The Morgan fingerprint density at radius 1 is 1.18 bits per heavy atom. The van der Waals surface area contributed by atoms with E-state index >= 15 is 0 Å². The second kappa shape index (κ2) is 2.04. The van der Waals surface area contributed by atoms with Crippen LogP contribution >= 0.6 is 11.6 Å². The summed E-state index contributed by atoms with van der Waals surface area (Å²) in [4.78, 5) is 0. The van der Waals surface area contributed by atoms with Gasteiger partial charge in [0, 0.05) is 5.38 Å². The molecule has 3 aliphatic rings. The summed E-state index contributed by atoms with van der Waals surface area (Å²) < 4.78 is 0. The average Bonchev–Trinajstić information content (AvgIpc) is 2.52. The standard InChI is InChI=1S/C10H13Cl/c11-10-5-6-4-9(10)8-3-1-2-7(6)8/h1,3,6-10H,2,4-5H2/t6-,7-,8+,9+,10-/m1/s1. The van der Waals surface area contributed by atoms with Gasteiger partial charge >= 0.3 is 0 Å². The van der Waals surface area contributed by atoms with Crippen LogP contribution in [0.25, 0.3) is 0 Å². The minimum absolute atomic E-state index is 0.504. The summed E-state index contributed by atoms with van der Waals surface area (Å²) in [7, 11) is 0. The van der Waals surface area contributed by atoms with Crippen molar-refractivity contribution in [1.29, 1.82) is 0 Å². The molecular weight excluding hydrogens is 156 g/mol. The zero-order chi connectivity index (χ0) is 7.42. The Balaban J connectivity index is 1.94. The smallest absolute Gasteiger partial charge is 0.0372 e. The molecular formula is C10H13Cl. The molecule has 0 radical (unpaired) electrons.